The molecule has 0 bridgehead atoms. The summed E-state index contributed by atoms with van der Waals surface area (Å²) in [6.07, 6.45) is -1.39. The monoisotopic (exact) mass is 323 g/mol. The fourth-order valence-corrected chi connectivity index (χ4v) is 2.14. The molecule has 0 aliphatic heterocycles. The van der Waals surface area contributed by atoms with Crippen LogP contribution in [0, 0.1) is 0 Å². The van der Waals surface area contributed by atoms with E-state index in [4.69, 9.17) is 5.11 Å². The Balaban J connectivity index is 3.00. The summed E-state index contributed by atoms with van der Waals surface area (Å²) in [7, 11) is 0. The molecule has 3 N–H and O–H groups in total. The Kier molecular flexibility index (Phi) is 5.62. The summed E-state index contributed by atoms with van der Waals surface area (Å²) in [6.45, 7) is 1.15. The van der Waals surface area contributed by atoms with Crippen LogP contribution in [-0.4, -0.2) is 39.7 Å². The van der Waals surface area contributed by atoms with E-state index in [1.165, 1.54) is 12.1 Å². The number of aliphatic carboxylic acids is 1. The smallest absolute Gasteiger partial charge is 0.446 e. The van der Waals surface area contributed by atoms with Gasteiger partial charge >= 0.3 is 11.5 Å². The zero-order chi connectivity index (χ0) is 16.2. The number of carboxylic acids is 1. The zero-order valence-corrected chi connectivity index (χ0v) is 11.5. The average molecular weight is 323 g/mol. The van der Waals surface area contributed by atoms with Crippen molar-refractivity contribution in [2.24, 2.45) is 0 Å². The van der Waals surface area contributed by atoms with Crippen LogP contribution in [0.5, 0.6) is 0 Å². The Morgan fingerprint density at radius 2 is 1.86 bits per heavy atom. The second-order valence-electron chi connectivity index (χ2n) is 4.07. The molecule has 0 heterocycles. The molecule has 0 radical (unpaired) electrons. The first-order valence-corrected chi connectivity index (χ1v) is 6.50. The van der Waals surface area contributed by atoms with Crippen LogP contribution in [0.1, 0.15) is 17.3 Å². The minimum atomic E-state index is -4.58. The third-order valence-corrected chi connectivity index (χ3v) is 3.20. The SMILES string of the molecule is C[C@@H](O)[C@H](NC(=O)c1ccccc1SC(F)(F)F)C(=O)O. The lowest BCUT2D eigenvalue weighted by Crippen LogP contribution is -2.47. The van der Waals surface area contributed by atoms with Gasteiger partial charge < -0.3 is 15.5 Å². The van der Waals surface area contributed by atoms with E-state index >= 15 is 0 Å². The summed E-state index contributed by atoms with van der Waals surface area (Å²) in [5.41, 5.74) is -4.89. The third-order valence-electron chi connectivity index (χ3n) is 2.39. The molecular weight excluding hydrogens is 311 g/mol. The number of alkyl halides is 3. The Morgan fingerprint density at radius 1 is 1.29 bits per heavy atom. The molecule has 0 unspecified atom stereocenters. The Labute approximate surface area is 122 Å². The standard InChI is InChI=1S/C12H12F3NO4S/c1-6(17)9(11(19)20)16-10(18)7-4-2-3-5-8(7)21-12(13,14)15/h2-6,9,17H,1H3,(H,16,18)(H,19,20)/t6-,9+/m1/s1. The number of amides is 1. The van der Waals surface area contributed by atoms with Crippen molar-refractivity contribution >= 4 is 23.6 Å². The van der Waals surface area contributed by atoms with Crippen LogP contribution in [0.15, 0.2) is 29.2 Å². The van der Waals surface area contributed by atoms with Crippen LogP contribution in [0.3, 0.4) is 0 Å². The lowest BCUT2D eigenvalue weighted by Gasteiger charge is -2.18. The van der Waals surface area contributed by atoms with Crippen molar-refractivity contribution in [3.05, 3.63) is 29.8 Å². The molecule has 0 aliphatic carbocycles. The van der Waals surface area contributed by atoms with Gasteiger partial charge in [-0.05, 0) is 30.8 Å². The molecule has 0 saturated heterocycles. The molecule has 1 aromatic carbocycles. The number of aliphatic hydroxyl groups is 1. The van der Waals surface area contributed by atoms with E-state index in [9.17, 15) is 27.9 Å². The van der Waals surface area contributed by atoms with Gasteiger partial charge in [-0.15, -0.1) is 0 Å². The average Bonchev–Trinajstić information content (AvgIpc) is 2.33. The van der Waals surface area contributed by atoms with Crippen LogP contribution >= 0.6 is 11.8 Å². The quantitative estimate of drug-likeness (QED) is 0.720. The fourth-order valence-electron chi connectivity index (χ4n) is 1.48. The normalized spacial score (nSPS) is 14.3. The van der Waals surface area contributed by atoms with E-state index in [-0.39, 0.29) is 10.5 Å². The molecule has 0 aromatic heterocycles. The maximum atomic E-state index is 12.4. The van der Waals surface area contributed by atoms with Gasteiger partial charge in [0.15, 0.2) is 6.04 Å². The van der Waals surface area contributed by atoms with E-state index in [1.807, 2.05) is 5.32 Å². The highest BCUT2D eigenvalue weighted by molar-refractivity contribution is 8.00. The third kappa shape index (κ3) is 5.27. The van der Waals surface area contributed by atoms with Crippen molar-refractivity contribution in [3.8, 4) is 0 Å². The molecule has 2 atom stereocenters. The number of nitrogens with one attached hydrogen (secondary N) is 1. The van der Waals surface area contributed by atoms with Gasteiger partial charge in [0.1, 0.15) is 0 Å². The first-order valence-electron chi connectivity index (χ1n) is 5.68. The van der Waals surface area contributed by atoms with Gasteiger partial charge in [0.2, 0.25) is 0 Å². The maximum Gasteiger partial charge on any atom is 0.446 e. The molecule has 0 aliphatic rings. The van der Waals surface area contributed by atoms with Gasteiger partial charge in [-0.25, -0.2) is 4.79 Å². The van der Waals surface area contributed by atoms with Crippen LogP contribution in [-0.2, 0) is 4.79 Å². The van der Waals surface area contributed by atoms with Gasteiger partial charge in [-0.2, -0.15) is 13.2 Å². The maximum absolute atomic E-state index is 12.4. The van der Waals surface area contributed by atoms with Crippen molar-refractivity contribution < 1.29 is 33.0 Å². The molecule has 1 amide bonds. The number of carbonyl (C=O) groups is 2. The number of carboxylic acid groups (broad SMARTS) is 1. The molecule has 21 heavy (non-hydrogen) atoms. The first-order chi connectivity index (χ1) is 9.61. The minimum absolute atomic E-state index is 0.313. The molecule has 9 heteroatoms. The molecule has 1 aromatic rings. The van der Waals surface area contributed by atoms with Crippen molar-refractivity contribution in [1.82, 2.24) is 5.32 Å². The van der Waals surface area contributed by atoms with Crippen LogP contribution in [0.25, 0.3) is 0 Å². The molecule has 1 rings (SSSR count). The highest BCUT2D eigenvalue weighted by Gasteiger charge is 2.32. The molecular formula is C12H12F3NO4S. The Morgan fingerprint density at radius 3 is 2.33 bits per heavy atom. The van der Waals surface area contributed by atoms with E-state index in [2.05, 4.69) is 0 Å². The van der Waals surface area contributed by atoms with Crippen molar-refractivity contribution in [3.63, 3.8) is 0 Å². The van der Waals surface area contributed by atoms with Gasteiger partial charge in [-0.3, -0.25) is 4.79 Å². The highest BCUT2D eigenvalue weighted by atomic mass is 32.2. The largest absolute Gasteiger partial charge is 0.480 e. The number of carbonyl (C=O) groups excluding carboxylic acids is 1. The van der Waals surface area contributed by atoms with E-state index in [0.717, 1.165) is 19.1 Å². The zero-order valence-electron chi connectivity index (χ0n) is 10.7. The summed E-state index contributed by atoms with van der Waals surface area (Å²) in [5, 5.41) is 20.1. The van der Waals surface area contributed by atoms with Crippen LogP contribution in [0.4, 0.5) is 13.2 Å². The number of hydrogen-bond donors (Lipinski definition) is 3. The number of thioether (sulfide) groups is 1. The molecule has 0 fully saturated rings. The van der Waals surface area contributed by atoms with Crippen molar-refractivity contribution in [2.75, 3.05) is 0 Å². The number of halogens is 3. The summed E-state index contributed by atoms with van der Waals surface area (Å²) < 4.78 is 37.2. The summed E-state index contributed by atoms with van der Waals surface area (Å²) in [6, 6.07) is 3.32. The second kappa shape index (κ2) is 6.81. The molecule has 0 spiro atoms. The van der Waals surface area contributed by atoms with Gasteiger partial charge in [0.25, 0.3) is 5.91 Å². The minimum Gasteiger partial charge on any atom is -0.480 e. The fraction of sp³-hybridized carbons (Fsp3) is 0.333. The highest BCUT2D eigenvalue weighted by Crippen LogP contribution is 2.38. The summed E-state index contributed by atoms with van der Waals surface area (Å²) in [4.78, 5) is 22.4. The Hall–Kier alpha value is -1.74. The topological polar surface area (TPSA) is 86.6 Å². The predicted octanol–water partition coefficient (Wildman–Crippen LogP) is 1.86. The van der Waals surface area contributed by atoms with Gasteiger partial charge in [0, 0.05) is 4.90 Å². The van der Waals surface area contributed by atoms with Gasteiger partial charge in [-0.1, -0.05) is 12.1 Å². The lowest BCUT2D eigenvalue weighted by atomic mass is 10.1. The second-order valence-corrected chi connectivity index (χ2v) is 5.18. The van der Waals surface area contributed by atoms with Crippen LogP contribution in [0.2, 0.25) is 0 Å². The summed E-state index contributed by atoms with van der Waals surface area (Å²) in [5.74, 6) is -2.49. The van der Waals surface area contributed by atoms with Crippen LogP contribution < -0.4 is 5.32 Å². The van der Waals surface area contributed by atoms with Crippen molar-refractivity contribution in [2.45, 2.75) is 29.5 Å². The summed E-state index contributed by atoms with van der Waals surface area (Å²) >= 11 is -0.471. The van der Waals surface area contributed by atoms with E-state index in [0.29, 0.717) is 0 Å². The lowest BCUT2D eigenvalue weighted by molar-refractivity contribution is -0.141. The Bertz CT molecular complexity index is 533. The van der Waals surface area contributed by atoms with Crippen molar-refractivity contribution in [1.29, 1.82) is 0 Å². The molecule has 0 saturated carbocycles. The van der Waals surface area contributed by atoms with E-state index < -0.39 is 41.3 Å². The number of aliphatic hydroxyl groups excluding tert-OH is 1. The first kappa shape index (κ1) is 17.3. The molecule has 116 valence electrons. The number of rotatable bonds is 5. The van der Waals surface area contributed by atoms with Gasteiger partial charge in [0.05, 0.1) is 11.7 Å². The molecule has 5 nitrogen and oxygen atoms in total. The predicted molar refractivity (Wildman–Crippen MR) is 68.9 cm³/mol. The number of hydrogen-bond acceptors (Lipinski definition) is 4. The number of benzene rings is 1. The van der Waals surface area contributed by atoms with E-state index in [1.54, 1.807) is 0 Å².